The van der Waals surface area contributed by atoms with Crippen molar-refractivity contribution in [3.63, 3.8) is 0 Å². The summed E-state index contributed by atoms with van der Waals surface area (Å²) in [5.74, 6) is 0.873. The van der Waals surface area contributed by atoms with Crippen LogP contribution in [0.1, 0.15) is 93.9 Å². The average molecular weight is 571 g/mol. The number of H-pyrrole nitrogens is 2. The summed E-state index contributed by atoms with van der Waals surface area (Å²) in [6.45, 7) is 2.96. The van der Waals surface area contributed by atoms with Crippen molar-refractivity contribution >= 4 is 46.4 Å². The Morgan fingerprint density at radius 3 is 1.70 bits per heavy atom. The normalized spacial score (nSPS) is 12.2. The monoisotopic (exact) mass is 570 g/mol. The van der Waals surface area contributed by atoms with Crippen LogP contribution in [0.15, 0.2) is 66.7 Å². The van der Waals surface area contributed by atoms with Gasteiger partial charge in [0, 0.05) is 16.6 Å². The third kappa shape index (κ3) is 7.53. The van der Waals surface area contributed by atoms with Crippen molar-refractivity contribution in [1.82, 2.24) is 19.9 Å². The number of aromatic amines is 2. The van der Waals surface area contributed by atoms with Crippen LogP contribution in [0.2, 0.25) is 0 Å². The first-order valence-corrected chi connectivity index (χ1v) is 16.0. The van der Waals surface area contributed by atoms with Gasteiger partial charge in [-0.2, -0.15) is 0 Å². The zero-order chi connectivity index (χ0) is 29.3. The van der Waals surface area contributed by atoms with E-state index in [0.717, 1.165) is 68.1 Å². The van der Waals surface area contributed by atoms with E-state index in [-0.39, 0.29) is 0 Å². The molecule has 5 heterocycles. The van der Waals surface area contributed by atoms with Gasteiger partial charge < -0.3 is 14.7 Å². The maximum Gasteiger partial charge on any atom is 0.152 e. The van der Waals surface area contributed by atoms with Crippen LogP contribution in [0.25, 0.3) is 57.5 Å². The van der Waals surface area contributed by atoms with Gasteiger partial charge in [0.1, 0.15) is 0 Å². The lowest BCUT2D eigenvalue weighted by Crippen LogP contribution is -1.98. The largest absolute Gasteiger partial charge is 0.491 e. The van der Waals surface area contributed by atoms with Crippen molar-refractivity contribution in [2.45, 2.75) is 71.1 Å². The van der Waals surface area contributed by atoms with Gasteiger partial charge >= 0.3 is 0 Å². The fourth-order valence-electron chi connectivity index (χ4n) is 5.86. The van der Waals surface area contributed by atoms with Crippen molar-refractivity contribution in [3.05, 3.63) is 89.5 Å². The second-order valence-electron chi connectivity index (χ2n) is 11.6. The van der Waals surface area contributed by atoms with Gasteiger partial charge in [-0.3, -0.25) is 0 Å². The average Bonchev–Trinajstić information content (AvgIpc) is 3.82. The van der Waals surface area contributed by atoms with Gasteiger partial charge in [0.2, 0.25) is 0 Å². The van der Waals surface area contributed by atoms with Crippen molar-refractivity contribution in [2.75, 3.05) is 6.61 Å². The number of hydrogen-bond acceptors (Lipinski definition) is 3. The van der Waals surface area contributed by atoms with Gasteiger partial charge in [-0.15, -0.1) is 0 Å². The fourth-order valence-corrected chi connectivity index (χ4v) is 5.86. The number of unbranched alkanes of at least 4 members (excludes halogenated alkanes) is 9. The van der Waals surface area contributed by atoms with Crippen LogP contribution in [-0.2, 0) is 0 Å². The van der Waals surface area contributed by atoms with E-state index in [1.165, 1.54) is 57.8 Å². The van der Waals surface area contributed by atoms with Crippen LogP contribution in [0.5, 0.6) is 5.75 Å². The van der Waals surface area contributed by atoms with Crippen molar-refractivity contribution in [1.29, 1.82) is 0 Å². The van der Waals surface area contributed by atoms with E-state index in [2.05, 4.69) is 108 Å². The Labute approximate surface area is 254 Å². The van der Waals surface area contributed by atoms with E-state index in [1.807, 2.05) is 0 Å². The molecule has 0 spiro atoms. The third-order valence-electron chi connectivity index (χ3n) is 8.11. The molecule has 1 aromatic carbocycles. The first-order chi connectivity index (χ1) is 21.2. The summed E-state index contributed by atoms with van der Waals surface area (Å²) in [6.07, 6.45) is 21.2. The summed E-state index contributed by atoms with van der Waals surface area (Å²) in [5, 5.41) is 0. The highest BCUT2D eigenvalue weighted by molar-refractivity contribution is 5.94. The molecule has 2 aliphatic rings. The summed E-state index contributed by atoms with van der Waals surface area (Å²) in [4.78, 5) is 16.9. The van der Waals surface area contributed by atoms with Gasteiger partial charge in [-0.1, -0.05) is 95.0 Å². The number of rotatable bonds is 13. The topological polar surface area (TPSA) is 66.6 Å². The molecule has 0 saturated carbocycles. The highest BCUT2D eigenvalue weighted by atomic mass is 16.5. The predicted molar refractivity (Wildman–Crippen MR) is 182 cm³/mol. The van der Waals surface area contributed by atoms with Gasteiger partial charge in [0.15, 0.2) is 5.75 Å². The minimum atomic E-state index is 0.685. The third-order valence-corrected chi connectivity index (χ3v) is 8.11. The molecule has 220 valence electrons. The molecule has 8 bridgehead atoms. The highest BCUT2D eigenvalue weighted by Gasteiger charge is 2.16. The lowest BCUT2D eigenvalue weighted by molar-refractivity contribution is 0.309. The summed E-state index contributed by atoms with van der Waals surface area (Å²) in [5.41, 5.74) is 9.71. The summed E-state index contributed by atoms with van der Waals surface area (Å²) in [7, 11) is 0. The fraction of sp³-hybridized carbons (Fsp3) is 0.316. The number of nitrogens with one attached hydrogen (secondary N) is 2. The molecular formula is C38H42N4O. The Morgan fingerprint density at radius 2 is 1.09 bits per heavy atom. The number of ether oxygens (including phenoxy) is 1. The van der Waals surface area contributed by atoms with E-state index in [0.29, 0.717) is 6.61 Å². The summed E-state index contributed by atoms with van der Waals surface area (Å²) < 4.78 is 6.64. The number of benzene rings is 1. The Kier molecular flexibility index (Phi) is 9.48. The molecule has 5 nitrogen and oxygen atoms in total. The second kappa shape index (κ2) is 14.2. The minimum Gasteiger partial charge on any atom is -0.491 e. The summed E-state index contributed by atoms with van der Waals surface area (Å²) in [6, 6.07) is 23.0. The minimum absolute atomic E-state index is 0.685. The molecule has 0 saturated heterocycles. The van der Waals surface area contributed by atoms with Gasteiger partial charge in [0.05, 0.1) is 40.4 Å². The Morgan fingerprint density at radius 1 is 0.558 bits per heavy atom. The molecular weight excluding hydrogens is 528 g/mol. The smallest absolute Gasteiger partial charge is 0.152 e. The van der Waals surface area contributed by atoms with Gasteiger partial charge in [-0.25, -0.2) is 9.97 Å². The van der Waals surface area contributed by atoms with Gasteiger partial charge in [-0.05, 0) is 72.7 Å². The van der Waals surface area contributed by atoms with E-state index >= 15 is 0 Å². The molecule has 2 aliphatic heterocycles. The number of aromatic nitrogens is 4. The molecule has 6 rings (SSSR count). The summed E-state index contributed by atoms with van der Waals surface area (Å²) >= 11 is 0. The second-order valence-corrected chi connectivity index (χ2v) is 11.6. The molecule has 3 aromatic heterocycles. The Balaban J connectivity index is 1.33. The molecule has 5 heteroatoms. The molecule has 2 N–H and O–H groups in total. The van der Waals surface area contributed by atoms with Crippen molar-refractivity contribution in [2.24, 2.45) is 0 Å². The van der Waals surface area contributed by atoms with Crippen LogP contribution in [-0.4, -0.2) is 26.5 Å². The lowest BCUT2D eigenvalue weighted by Gasteiger charge is -2.09. The highest BCUT2D eigenvalue weighted by Crippen LogP contribution is 2.39. The molecule has 0 atom stereocenters. The van der Waals surface area contributed by atoms with Crippen molar-refractivity contribution < 1.29 is 4.74 Å². The molecule has 0 aliphatic carbocycles. The van der Waals surface area contributed by atoms with E-state index in [1.54, 1.807) is 0 Å². The molecule has 0 amide bonds. The van der Waals surface area contributed by atoms with Crippen LogP contribution < -0.4 is 4.74 Å². The quantitative estimate of drug-likeness (QED) is 0.136. The number of hydrogen-bond donors (Lipinski definition) is 2. The van der Waals surface area contributed by atoms with E-state index < -0.39 is 0 Å². The molecule has 4 aromatic rings. The number of fused-ring (bicyclic) bond motifs is 8. The Bertz CT molecular complexity index is 1740. The van der Waals surface area contributed by atoms with Crippen LogP contribution in [0.4, 0.5) is 0 Å². The first-order valence-electron chi connectivity index (χ1n) is 16.0. The predicted octanol–water partition coefficient (Wildman–Crippen LogP) is 10.6. The van der Waals surface area contributed by atoms with E-state index in [9.17, 15) is 0 Å². The first kappa shape index (κ1) is 28.7. The van der Waals surface area contributed by atoms with Crippen LogP contribution in [0, 0.1) is 0 Å². The molecule has 0 radical (unpaired) electrons. The maximum absolute atomic E-state index is 6.64. The molecule has 43 heavy (non-hydrogen) atoms. The Hall–Kier alpha value is -4.38. The lowest BCUT2D eigenvalue weighted by atomic mass is 10.1. The SMILES string of the molecule is CCCCCCCCCCCCOc1c(-c2ccccc2)c2cc3nc(cc4ccc(cc5nc(cc1[nH]2)C=C5)[nH]4)C=C3. The maximum atomic E-state index is 6.64. The zero-order valence-electron chi connectivity index (χ0n) is 25.2. The standard InChI is InChI=1S/C38H42N4O/c1-2-3-4-5-6-7-8-9-10-14-23-43-38-36-27-34-22-20-32(41-34)25-30-18-17-29(39-30)24-31-19-21-33(40-31)26-35(42-36)37(38)28-15-12-11-13-16-28/h11-13,15-22,24-27,39,42H,2-10,14,23H2,1H3. The molecule has 0 fully saturated rings. The van der Waals surface area contributed by atoms with Crippen molar-refractivity contribution in [3.8, 4) is 16.9 Å². The van der Waals surface area contributed by atoms with Crippen LogP contribution >= 0.6 is 0 Å². The van der Waals surface area contributed by atoms with Gasteiger partial charge in [0.25, 0.3) is 0 Å². The number of nitrogens with zero attached hydrogens (tertiary/aromatic N) is 2. The van der Waals surface area contributed by atoms with Crippen LogP contribution in [0.3, 0.4) is 0 Å². The molecule has 0 unspecified atom stereocenters. The van der Waals surface area contributed by atoms with E-state index in [4.69, 9.17) is 14.7 Å². The zero-order valence-corrected chi connectivity index (χ0v) is 25.2.